The zero-order valence-corrected chi connectivity index (χ0v) is 8.56. The third-order valence-electron chi connectivity index (χ3n) is 1.48. The van der Waals surface area contributed by atoms with Gasteiger partial charge >= 0.3 is 0 Å². The molecule has 0 aliphatic carbocycles. The standard InChI is InChI=1S/C7H17NO3S/c1-4-7(12(9,10)11)8-5-6(2)3/h6-8H,4-5H2,1-3H3,(H,9,10,11). The average Bonchev–Trinajstić information content (AvgIpc) is 1.85. The van der Waals surface area contributed by atoms with Crippen LogP contribution in [0.2, 0.25) is 0 Å². The van der Waals surface area contributed by atoms with E-state index < -0.39 is 15.5 Å². The van der Waals surface area contributed by atoms with Crippen LogP contribution in [0.1, 0.15) is 27.2 Å². The fourth-order valence-electron chi connectivity index (χ4n) is 0.827. The van der Waals surface area contributed by atoms with Crippen molar-refractivity contribution in [3.63, 3.8) is 0 Å². The number of hydrogen-bond acceptors (Lipinski definition) is 3. The lowest BCUT2D eigenvalue weighted by Gasteiger charge is -2.14. The third kappa shape index (κ3) is 4.69. The molecule has 0 saturated carbocycles. The number of rotatable bonds is 5. The van der Waals surface area contributed by atoms with Crippen molar-refractivity contribution in [3.8, 4) is 0 Å². The molecular weight excluding hydrogens is 178 g/mol. The zero-order valence-electron chi connectivity index (χ0n) is 7.74. The first-order valence-electron chi connectivity index (χ1n) is 4.07. The second-order valence-electron chi connectivity index (χ2n) is 3.21. The molecule has 0 spiro atoms. The van der Waals surface area contributed by atoms with Crippen LogP contribution >= 0.6 is 0 Å². The Hall–Kier alpha value is -0.130. The van der Waals surface area contributed by atoms with Crippen LogP contribution in [-0.2, 0) is 10.1 Å². The Morgan fingerprint density at radius 1 is 1.42 bits per heavy atom. The van der Waals surface area contributed by atoms with Gasteiger partial charge in [0.1, 0.15) is 5.37 Å². The van der Waals surface area contributed by atoms with Gasteiger partial charge in [0.05, 0.1) is 0 Å². The van der Waals surface area contributed by atoms with Crippen LogP contribution in [0, 0.1) is 5.92 Å². The maximum absolute atomic E-state index is 10.7. The van der Waals surface area contributed by atoms with Crippen LogP contribution in [0.3, 0.4) is 0 Å². The normalized spacial score (nSPS) is 15.1. The molecule has 0 amide bonds. The number of nitrogens with one attached hydrogen (secondary N) is 1. The summed E-state index contributed by atoms with van der Waals surface area (Å²) < 4.78 is 30.0. The van der Waals surface area contributed by atoms with Gasteiger partial charge in [0.15, 0.2) is 0 Å². The van der Waals surface area contributed by atoms with Crippen LogP contribution in [0.5, 0.6) is 0 Å². The van der Waals surface area contributed by atoms with Crippen molar-refractivity contribution in [1.29, 1.82) is 0 Å². The summed E-state index contributed by atoms with van der Waals surface area (Å²) in [4.78, 5) is 0. The quantitative estimate of drug-likeness (QED) is 0.638. The van der Waals surface area contributed by atoms with Gasteiger partial charge in [-0.15, -0.1) is 0 Å². The largest absolute Gasteiger partial charge is 0.299 e. The van der Waals surface area contributed by atoms with Gasteiger partial charge in [-0.2, -0.15) is 8.42 Å². The van der Waals surface area contributed by atoms with E-state index in [1.165, 1.54) is 0 Å². The first-order valence-corrected chi connectivity index (χ1v) is 5.58. The Morgan fingerprint density at radius 2 is 1.92 bits per heavy atom. The molecule has 0 heterocycles. The van der Waals surface area contributed by atoms with Crippen LogP contribution in [0.25, 0.3) is 0 Å². The Bertz CT molecular complexity index is 211. The lowest BCUT2D eigenvalue weighted by atomic mass is 10.2. The molecule has 0 saturated heterocycles. The van der Waals surface area contributed by atoms with Gasteiger partial charge in [0, 0.05) is 0 Å². The van der Waals surface area contributed by atoms with Gasteiger partial charge in [-0.05, 0) is 18.9 Å². The van der Waals surface area contributed by atoms with Crippen molar-refractivity contribution >= 4 is 10.1 Å². The fourth-order valence-corrected chi connectivity index (χ4v) is 1.56. The highest BCUT2D eigenvalue weighted by atomic mass is 32.2. The molecule has 5 heteroatoms. The van der Waals surface area contributed by atoms with E-state index in [2.05, 4.69) is 5.32 Å². The van der Waals surface area contributed by atoms with Crippen LogP contribution in [0.4, 0.5) is 0 Å². The predicted octanol–water partition coefficient (Wildman–Crippen LogP) is 0.856. The van der Waals surface area contributed by atoms with Gasteiger partial charge in [-0.3, -0.25) is 9.87 Å². The van der Waals surface area contributed by atoms with E-state index in [1.54, 1.807) is 6.92 Å². The first-order chi connectivity index (χ1) is 5.38. The molecule has 1 atom stereocenters. The minimum absolute atomic E-state index is 0.376. The molecule has 74 valence electrons. The molecule has 2 N–H and O–H groups in total. The summed E-state index contributed by atoms with van der Waals surface area (Å²) in [7, 11) is -3.92. The molecule has 0 radical (unpaired) electrons. The van der Waals surface area contributed by atoms with E-state index in [1.807, 2.05) is 13.8 Å². The SMILES string of the molecule is CCC(NCC(C)C)S(=O)(=O)O. The van der Waals surface area contributed by atoms with Crippen molar-refractivity contribution in [1.82, 2.24) is 5.32 Å². The lowest BCUT2D eigenvalue weighted by Crippen LogP contribution is -2.37. The van der Waals surface area contributed by atoms with Crippen molar-refractivity contribution in [2.24, 2.45) is 5.92 Å². The molecule has 0 aliphatic heterocycles. The molecule has 4 nitrogen and oxygen atoms in total. The van der Waals surface area contributed by atoms with Gasteiger partial charge in [-0.1, -0.05) is 20.8 Å². The molecule has 0 rings (SSSR count). The van der Waals surface area contributed by atoms with Gasteiger partial charge in [0.2, 0.25) is 0 Å². The highest BCUT2D eigenvalue weighted by Gasteiger charge is 2.19. The average molecular weight is 195 g/mol. The fraction of sp³-hybridized carbons (Fsp3) is 1.00. The summed E-state index contributed by atoms with van der Waals surface area (Å²) in [5.74, 6) is 0.376. The monoisotopic (exact) mass is 195 g/mol. The Balaban J connectivity index is 4.03. The molecule has 0 aromatic carbocycles. The maximum atomic E-state index is 10.7. The van der Waals surface area contributed by atoms with E-state index in [0.29, 0.717) is 18.9 Å². The van der Waals surface area contributed by atoms with Crippen LogP contribution in [-0.4, -0.2) is 24.9 Å². The summed E-state index contributed by atoms with van der Waals surface area (Å²) in [6.45, 7) is 6.26. The van der Waals surface area contributed by atoms with E-state index in [0.717, 1.165) is 0 Å². The zero-order chi connectivity index (χ0) is 9.78. The topological polar surface area (TPSA) is 66.4 Å². The van der Waals surface area contributed by atoms with E-state index in [9.17, 15) is 8.42 Å². The minimum atomic E-state index is -3.92. The molecule has 1 unspecified atom stereocenters. The smallest absolute Gasteiger partial charge is 0.281 e. The van der Waals surface area contributed by atoms with Gasteiger partial charge in [-0.25, -0.2) is 0 Å². The van der Waals surface area contributed by atoms with Crippen molar-refractivity contribution in [2.45, 2.75) is 32.6 Å². The summed E-state index contributed by atoms with van der Waals surface area (Å²) in [5.41, 5.74) is 0. The molecule has 0 aromatic heterocycles. The predicted molar refractivity (Wildman–Crippen MR) is 48.5 cm³/mol. The third-order valence-corrected chi connectivity index (χ3v) is 2.70. The molecular formula is C7H17NO3S. The van der Waals surface area contributed by atoms with Gasteiger partial charge < -0.3 is 0 Å². The second kappa shape index (κ2) is 4.79. The maximum Gasteiger partial charge on any atom is 0.281 e. The summed E-state index contributed by atoms with van der Waals surface area (Å²) in [6.07, 6.45) is 0.381. The van der Waals surface area contributed by atoms with Crippen molar-refractivity contribution < 1.29 is 13.0 Å². The first kappa shape index (κ1) is 11.9. The van der Waals surface area contributed by atoms with Crippen molar-refractivity contribution in [2.75, 3.05) is 6.54 Å². The highest BCUT2D eigenvalue weighted by molar-refractivity contribution is 7.86. The summed E-state index contributed by atoms with van der Waals surface area (Å²) in [5, 5.41) is 1.95. The Morgan fingerprint density at radius 3 is 2.17 bits per heavy atom. The molecule has 12 heavy (non-hydrogen) atoms. The molecule has 0 aliphatic rings. The molecule has 0 bridgehead atoms. The van der Waals surface area contributed by atoms with Crippen molar-refractivity contribution in [3.05, 3.63) is 0 Å². The second-order valence-corrected chi connectivity index (χ2v) is 4.81. The van der Waals surface area contributed by atoms with E-state index in [-0.39, 0.29) is 0 Å². The van der Waals surface area contributed by atoms with E-state index >= 15 is 0 Å². The summed E-state index contributed by atoms with van der Waals surface area (Å²) in [6, 6.07) is 0. The van der Waals surface area contributed by atoms with Crippen LogP contribution in [0.15, 0.2) is 0 Å². The van der Waals surface area contributed by atoms with E-state index in [4.69, 9.17) is 4.55 Å². The Kier molecular flexibility index (Phi) is 4.74. The lowest BCUT2D eigenvalue weighted by molar-refractivity contribution is 0.434. The molecule has 0 aromatic rings. The minimum Gasteiger partial charge on any atom is -0.299 e. The highest BCUT2D eigenvalue weighted by Crippen LogP contribution is 2.00. The molecule has 0 fully saturated rings. The summed E-state index contributed by atoms with van der Waals surface area (Å²) >= 11 is 0. The Labute approximate surface area is 74.1 Å². The van der Waals surface area contributed by atoms with Gasteiger partial charge in [0.25, 0.3) is 10.1 Å². The number of hydrogen-bond donors (Lipinski definition) is 2. The van der Waals surface area contributed by atoms with Crippen LogP contribution < -0.4 is 5.32 Å².